The largest absolute Gasteiger partial charge is 0.481 e. The van der Waals surface area contributed by atoms with Crippen LogP contribution in [-0.4, -0.2) is 31.3 Å². The third kappa shape index (κ3) is 2.91. The predicted octanol–water partition coefficient (Wildman–Crippen LogP) is 1.51. The van der Waals surface area contributed by atoms with E-state index in [1.165, 1.54) is 0 Å². The standard InChI is InChI=1S/C12H14N4O2/c1-9-4-2-5-10(8-9)12-13-14-15-16(12)7-3-6-11(17)18/h2,4-5,8H,3,6-7H2,1H3,(H,17,18). The van der Waals surface area contributed by atoms with Crippen molar-refractivity contribution in [3.05, 3.63) is 29.8 Å². The maximum Gasteiger partial charge on any atom is 0.303 e. The highest BCUT2D eigenvalue weighted by atomic mass is 16.4. The average Bonchev–Trinajstić information content (AvgIpc) is 2.77. The number of aromatic nitrogens is 4. The second kappa shape index (κ2) is 5.39. The maximum atomic E-state index is 10.5. The van der Waals surface area contributed by atoms with E-state index >= 15 is 0 Å². The van der Waals surface area contributed by atoms with Gasteiger partial charge in [0.15, 0.2) is 5.82 Å². The van der Waals surface area contributed by atoms with Gasteiger partial charge < -0.3 is 5.11 Å². The Hall–Kier alpha value is -2.24. The first kappa shape index (κ1) is 12.2. The number of carboxylic acid groups (broad SMARTS) is 1. The van der Waals surface area contributed by atoms with Crippen molar-refractivity contribution in [1.82, 2.24) is 20.2 Å². The molecule has 2 rings (SSSR count). The Labute approximate surface area is 104 Å². The lowest BCUT2D eigenvalue weighted by Crippen LogP contribution is -2.05. The molecule has 0 unspecified atom stereocenters. The number of tetrazole rings is 1. The Morgan fingerprint density at radius 3 is 3.00 bits per heavy atom. The Morgan fingerprint density at radius 2 is 2.28 bits per heavy atom. The predicted molar refractivity (Wildman–Crippen MR) is 64.9 cm³/mol. The van der Waals surface area contributed by atoms with Crippen LogP contribution in [0.2, 0.25) is 0 Å². The SMILES string of the molecule is Cc1cccc(-c2nnnn2CCCC(=O)O)c1. The van der Waals surface area contributed by atoms with Gasteiger partial charge in [0.05, 0.1) is 0 Å². The number of rotatable bonds is 5. The fourth-order valence-corrected chi connectivity index (χ4v) is 1.73. The fraction of sp³-hybridized carbons (Fsp3) is 0.333. The number of benzene rings is 1. The van der Waals surface area contributed by atoms with Gasteiger partial charge in [0.25, 0.3) is 0 Å². The molecule has 94 valence electrons. The lowest BCUT2D eigenvalue weighted by atomic mass is 10.1. The van der Waals surface area contributed by atoms with Crippen molar-refractivity contribution >= 4 is 5.97 Å². The third-order valence-corrected chi connectivity index (χ3v) is 2.57. The number of aliphatic carboxylic acids is 1. The summed E-state index contributed by atoms with van der Waals surface area (Å²) in [5.41, 5.74) is 2.07. The first-order valence-electron chi connectivity index (χ1n) is 5.72. The van der Waals surface area contributed by atoms with Crippen molar-refractivity contribution in [2.24, 2.45) is 0 Å². The molecule has 6 heteroatoms. The van der Waals surface area contributed by atoms with Crippen molar-refractivity contribution in [3.63, 3.8) is 0 Å². The van der Waals surface area contributed by atoms with E-state index in [1.54, 1.807) is 4.68 Å². The number of carbonyl (C=O) groups is 1. The molecular formula is C12H14N4O2. The molecule has 0 aliphatic heterocycles. The van der Waals surface area contributed by atoms with Crippen molar-refractivity contribution in [2.75, 3.05) is 0 Å². The molecule has 0 aliphatic carbocycles. The fourth-order valence-electron chi connectivity index (χ4n) is 1.73. The van der Waals surface area contributed by atoms with Crippen LogP contribution in [-0.2, 0) is 11.3 Å². The van der Waals surface area contributed by atoms with Crippen LogP contribution in [0.4, 0.5) is 0 Å². The summed E-state index contributed by atoms with van der Waals surface area (Å²) in [5, 5.41) is 20.1. The highest BCUT2D eigenvalue weighted by Gasteiger charge is 2.09. The number of hydrogen-bond donors (Lipinski definition) is 1. The number of aryl methyl sites for hydroxylation is 2. The third-order valence-electron chi connectivity index (χ3n) is 2.57. The second-order valence-electron chi connectivity index (χ2n) is 4.09. The Kier molecular flexibility index (Phi) is 3.66. The zero-order valence-corrected chi connectivity index (χ0v) is 10.1. The van der Waals surface area contributed by atoms with Gasteiger partial charge in [-0.3, -0.25) is 4.79 Å². The van der Waals surface area contributed by atoms with E-state index in [-0.39, 0.29) is 6.42 Å². The van der Waals surface area contributed by atoms with Crippen molar-refractivity contribution < 1.29 is 9.90 Å². The summed E-state index contributed by atoms with van der Waals surface area (Å²) in [6.07, 6.45) is 0.631. The Bertz CT molecular complexity index is 551. The van der Waals surface area contributed by atoms with E-state index in [1.807, 2.05) is 31.2 Å². The molecule has 1 heterocycles. The monoisotopic (exact) mass is 246 g/mol. The average molecular weight is 246 g/mol. The molecule has 6 nitrogen and oxygen atoms in total. The number of carboxylic acids is 1. The number of nitrogens with zero attached hydrogens (tertiary/aromatic N) is 4. The van der Waals surface area contributed by atoms with Crippen molar-refractivity contribution in [2.45, 2.75) is 26.3 Å². The van der Waals surface area contributed by atoms with Gasteiger partial charge in [-0.15, -0.1) is 5.10 Å². The summed E-state index contributed by atoms with van der Waals surface area (Å²) in [4.78, 5) is 10.5. The van der Waals surface area contributed by atoms with Gasteiger partial charge in [0, 0.05) is 18.5 Å². The van der Waals surface area contributed by atoms with Gasteiger partial charge in [-0.1, -0.05) is 23.8 Å². The number of hydrogen-bond acceptors (Lipinski definition) is 4. The summed E-state index contributed by atoms with van der Waals surface area (Å²) in [6, 6.07) is 7.88. The Morgan fingerprint density at radius 1 is 1.44 bits per heavy atom. The minimum Gasteiger partial charge on any atom is -0.481 e. The molecule has 0 saturated heterocycles. The van der Waals surface area contributed by atoms with Crippen molar-refractivity contribution in [3.8, 4) is 11.4 Å². The van der Waals surface area contributed by atoms with Gasteiger partial charge in [0.1, 0.15) is 0 Å². The van der Waals surface area contributed by atoms with E-state index in [4.69, 9.17) is 5.11 Å². The molecule has 0 bridgehead atoms. The van der Waals surface area contributed by atoms with E-state index in [9.17, 15) is 4.79 Å². The van der Waals surface area contributed by atoms with E-state index < -0.39 is 5.97 Å². The molecule has 0 radical (unpaired) electrons. The molecule has 0 atom stereocenters. The maximum absolute atomic E-state index is 10.5. The molecule has 18 heavy (non-hydrogen) atoms. The Balaban J connectivity index is 2.15. The smallest absolute Gasteiger partial charge is 0.303 e. The van der Waals surface area contributed by atoms with Crippen LogP contribution in [0.1, 0.15) is 18.4 Å². The van der Waals surface area contributed by atoms with Crippen LogP contribution in [0.3, 0.4) is 0 Å². The first-order valence-corrected chi connectivity index (χ1v) is 5.72. The van der Waals surface area contributed by atoms with Crippen LogP contribution in [0.5, 0.6) is 0 Å². The lowest BCUT2D eigenvalue weighted by Gasteiger charge is -2.04. The topological polar surface area (TPSA) is 80.9 Å². The molecule has 0 aliphatic rings. The summed E-state index contributed by atoms with van der Waals surface area (Å²) in [7, 11) is 0. The minimum absolute atomic E-state index is 0.118. The van der Waals surface area contributed by atoms with Gasteiger partial charge >= 0.3 is 5.97 Å². The molecule has 1 aromatic carbocycles. The van der Waals surface area contributed by atoms with Crippen LogP contribution in [0, 0.1) is 6.92 Å². The summed E-state index contributed by atoms with van der Waals surface area (Å²) in [5.74, 6) is -0.135. The van der Waals surface area contributed by atoms with Gasteiger partial charge in [-0.05, 0) is 29.8 Å². The van der Waals surface area contributed by atoms with Gasteiger partial charge in [-0.25, -0.2) is 4.68 Å². The lowest BCUT2D eigenvalue weighted by molar-refractivity contribution is -0.137. The molecule has 0 amide bonds. The highest BCUT2D eigenvalue weighted by molar-refractivity contribution is 5.66. The molecule has 0 spiro atoms. The first-order chi connectivity index (χ1) is 8.66. The van der Waals surface area contributed by atoms with E-state index in [0.717, 1.165) is 11.1 Å². The molecular weight excluding hydrogens is 232 g/mol. The minimum atomic E-state index is -0.805. The van der Waals surface area contributed by atoms with Crippen LogP contribution in [0.25, 0.3) is 11.4 Å². The molecule has 1 N–H and O–H groups in total. The second-order valence-corrected chi connectivity index (χ2v) is 4.09. The summed E-state index contributed by atoms with van der Waals surface area (Å²) in [6.45, 7) is 2.50. The van der Waals surface area contributed by atoms with Crippen molar-refractivity contribution in [1.29, 1.82) is 0 Å². The summed E-state index contributed by atoms with van der Waals surface area (Å²) < 4.78 is 1.64. The zero-order chi connectivity index (χ0) is 13.0. The van der Waals surface area contributed by atoms with Gasteiger partial charge in [-0.2, -0.15) is 0 Å². The summed E-state index contributed by atoms with van der Waals surface area (Å²) >= 11 is 0. The van der Waals surface area contributed by atoms with E-state index in [2.05, 4.69) is 15.5 Å². The molecule has 0 fully saturated rings. The normalized spacial score (nSPS) is 10.5. The van der Waals surface area contributed by atoms with Crippen LogP contribution >= 0.6 is 0 Å². The quantitative estimate of drug-likeness (QED) is 0.864. The van der Waals surface area contributed by atoms with Gasteiger partial charge in [0.2, 0.25) is 0 Å². The molecule has 2 aromatic rings. The highest BCUT2D eigenvalue weighted by Crippen LogP contribution is 2.17. The van der Waals surface area contributed by atoms with Crippen LogP contribution < -0.4 is 0 Å². The van der Waals surface area contributed by atoms with Crippen LogP contribution in [0.15, 0.2) is 24.3 Å². The zero-order valence-electron chi connectivity index (χ0n) is 10.1. The molecule has 1 aromatic heterocycles. The molecule has 0 saturated carbocycles. The van der Waals surface area contributed by atoms with E-state index in [0.29, 0.717) is 18.8 Å².